The van der Waals surface area contributed by atoms with Gasteiger partial charge in [0.25, 0.3) is 5.91 Å². The largest absolute Gasteiger partial charge is 0.485 e. The van der Waals surface area contributed by atoms with Crippen LogP contribution in [0.3, 0.4) is 0 Å². The highest BCUT2D eigenvalue weighted by Crippen LogP contribution is 2.23. The van der Waals surface area contributed by atoms with Crippen molar-refractivity contribution in [3.63, 3.8) is 0 Å². The summed E-state index contributed by atoms with van der Waals surface area (Å²) in [6.45, 7) is 4.09. The fraction of sp³-hybridized carbons (Fsp3) is 0.160. The first kappa shape index (κ1) is 21.5. The van der Waals surface area contributed by atoms with Crippen molar-refractivity contribution in [3.05, 3.63) is 100 Å². The second-order valence-electron chi connectivity index (χ2n) is 7.31. The first-order valence-corrected chi connectivity index (χ1v) is 11.1. The number of ketones is 1. The lowest BCUT2D eigenvalue weighted by Crippen LogP contribution is -2.24. The van der Waals surface area contributed by atoms with Crippen LogP contribution in [0, 0.1) is 13.8 Å². The lowest BCUT2D eigenvalue weighted by molar-refractivity contribution is 0.0902. The summed E-state index contributed by atoms with van der Waals surface area (Å²) in [5, 5.41) is 5.62. The number of carbonyl (C=O) groups is 2. The highest BCUT2D eigenvalue weighted by molar-refractivity contribution is 7.12. The Morgan fingerprint density at radius 3 is 2.53 bits per heavy atom. The average Bonchev–Trinajstić information content (AvgIpc) is 3.44. The molecular weight excluding hydrogens is 422 g/mol. The number of ether oxygens (including phenoxy) is 1. The highest BCUT2D eigenvalue weighted by Gasteiger charge is 2.19. The molecule has 6 nitrogen and oxygen atoms in total. The highest BCUT2D eigenvalue weighted by atomic mass is 32.1. The molecule has 4 aromatic rings. The number of hydrogen-bond donors (Lipinski definition) is 1. The van der Waals surface area contributed by atoms with Gasteiger partial charge in [0.05, 0.1) is 5.56 Å². The van der Waals surface area contributed by atoms with E-state index in [-0.39, 0.29) is 18.3 Å². The number of thiazole rings is 1. The molecule has 0 aliphatic rings. The zero-order chi connectivity index (χ0) is 22.5. The van der Waals surface area contributed by atoms with E-state index in [9.17, 15) is 9.59 Å². The predicted octanol–water partition coefficient (Wildman–Crippen LogP) is 4.74. The van der Waals surface area contributed by atoms with Gasteiger partial charge in [0.1, 0.15) is 5.75 Å². The fourth-order valence-electron chi connectivity index (χ4n) is 3.54. The molecule has 0 saturated heterocycles. The molecule has 2 aromatic carbocycles. The molecule has 4 rings (SSSR count). The summed E-state index contributed by atoms with van der Waals surface area (Å²) in [4.78, 5) is 30.0. The van der Waals surface area contributed by atoms with E-state index in [4.69, 9.17) is 4.74 Å². The van der Waals surface area contributed by atoms with Crippen LogP contribution < -0.4 is 10.1 Å². The molecule has 0 aliphatic carbocycles. The lowest BCUT2D eigenvalue weighted by Gasteiger charge is -2.12. The van der Waals surface area contributed by atoms with Gasteiger partial charge in [-0.15, -0.1) is 11.3 Å². The first-order chi connectivity index (χ1) is 15.5. The van der Waals surface area contributed by atoms with Crippen molar-refractivity contribution < 1.29 is 14.3 Å². The van der Waals surface area contributed by atoms with Gasteiger partial charge in [-0.25, -0.2) is 4.98 Å². The van der Waals surface area contributed by atoms with Gasteiger partial charge >= 0.3 is 0 Å². The number of nitrogens with zero attached hydrogens (tertiary/aromatic N) is 2. The van der Waals surface area contributed by atoms with Crippen LogP contribution in [0.15, 0.2) is 72.2 Å². The third kappa shape index (κ3) is 4.63. The molecule has 7 heteroatoms. The Morgan fingerprint density at radius 1 is 1.03 bits per heavy atom. The molecule has 0 bridgehead atoms. The molecule has 0 atom stereocenters. The van der Waals surface area contributed by atoms with Crippen molar-refractivity contribution >= 4 is 23.0 Å². The molecule has 0 saturated carbocycles. The van der Waals surface area contributed by atoms with Crippen LogP contribution in [0.25, 0.3) is 5.13 Å². The molecule has 1 N–H and O–H groups in total. The zero-order valence-corrected chi connectivity index (χ0v) is 18.7. The molecule has 1 amide bonds. The van der Waals surface area contributed by atoms with Crippen molar-refractivity contribution in [2.75, 3.05) is 6.61 Å². The number of rotatable bonds is 8. The van der Waals surface area contributed by atoms with Crippen molar-refractivity contribution in [2.24, 2.45) is 0 Å². The Hall–Kier alpha value is -3.71. The molecule has 32 heavy (non-hydrogen) atoms. The zero-order valence-electron chi connectivity index (χ0n) is 17.9. The molecule has 0 spiro atoms. The Labute approximate surface area is 190 Å². The summed E-state index contributed by atoms with van der Waals surface area (Å²) in [7, 11) is 0. The Bertz CT molecular complexity index is 1230. The van der Waals surface area contributed by atoms with Crippen LogP contribution in [0.4, 0.5) is 0 Å². The van der Waals surface area contributed by atoms with Gasteiger partial charge in [-0.05, 0) is 37.6 Å². The molecule has 0 aliphatic heterocycles. The SMILES string of the molecule is Cc1cc(C(=O)COc2ccccc2C(=O)NCc2ccccc2)c(C)n1-c1nccs1. The maximum absolute atomic E-state index is 12.9. The quantitative estimate of drug-likeness (QED) is 0.398. The molecule has 0 fully saturated rings. The van der Waals surface area contributed by atoms with Gasteiger partial charge in [0.2, 0.25) is 5.78 Å². The number of nitrogens with one attached hydrogen (secondary N) is 1. The predicted molar refractivity (Wildman–Crippen MR) is 125 cm³/mol. The Balaban J connectivity index is 1.45. The number of carbonyl (C=O) groups excluding carboxylic acids is 2. The smallest absolute Gasteiger partial charge is 0.255 e. The van der Waals surface area contributed by atoms with Crippen LogP contribution >= 0.6 is 11.3 Å². The number of para-hydroxylation sites is 1. The maximum Gasteiger partial charge on any atom is 0.255 e. The van der Waals surface area contributed by atoms with Gasteiger partial charge in [-0.2, -0.15) is 0 Å². The van der Waals surface area contributed by atoms with E-state index < -0.39 is 0 Å². The summed E-state index contributed by atoms with van der Waals surface area (Å²) in [6.07, 6.45) is 1.74. The monoisotopic (exact) mass is 445 g/mol. The van der Waals surface area contributed by atoms with E-state index in [2.05, 4.69) is 10.3 Å². The summed E-state index contributed by atoms with van der Waals surface area (Å²) in [5.41, 5.74) is 3.74. The van der Waals surface area contributed by atoms with Crippen LogP contribution in [-0.4, -0.2) is 27.8 Å². The normalized spacial score (nSPS) is 10.7. The average molecular weight is 446 g/mol. The third-order valence-corrected chi connectivity index (χ3v) is 5.89. The van der Waals surface area contributed by atoms with Crippen molar-refractivity contribution in [2.45, 2.75) is 20.4 Å². The fourth-order valence-corrected chi connectivity index (χ4v) is 4.29. The molecule has 0 radical (unpaired) electrons. The minimum atomic E-state index is -0.251. The molecule has 162 valence electrons. The second kappa shape index (κ2) is 9.62. The summed E-state index contributed by atoms with van der Waals surface area (Å²) in [5.74, 6) is -0.0283. The van der Waals surface area contributed by atoms with E-state index in [0.29, 0.717) is 23.4 Å². The van der Waals surface area contributed by atoms with Crippen LogP contribution in [0.5, 0.6) is 5.75 Å². The second-order valence-corrected chi connectivity index (χ2v) is 8.18. The minimum Gasteiger partial charge on any atom is -0.485 e. The van der Waals surface area contributed by atoms with Crippen LogP contribution in [-0.2, 0) is 6.54 Å². The van der Waals surface area contributed by atoms with Gasteiger partial charge in [0, 0.05) is 35.1 Å². The van der Waals surface area contributed by atoms with Gasteiger partial charge in [-0.1, -0.05) is 42.5 Å². The summed E-state index contributed by atoms with van der Waals surface area (Å²) >= 11 is 1.51. The van der Waals surface area contributed by atoms with Gasteiger partial charge in [0.15, 0.2) is 11.7 Å². The van der Waals surface area contributed by atoms with Gasteiger partial charge in [-0.3, -0.25) is 14.2 Å². The summed E-state index contributed by atoms with van der Waals surface area (Å²) < 4.78 is 7.75. The van der Waals surface area contributed by atoms with Crippen LogP contribution in [0.2, 0.25) is 0 Å². The lowest BCUT2D eigenvalue weighted by atomic mass is 10.1. The Morgan fingerprint density at radius 2 is 1.78 bits per heavy atom. The first-order valence-electron chi connectivity index (χ1n) is 10.2. The Kier molecular flexibility index (Phi) is 6.47. The standard InChI is InChI=1S/C25H23N3O3S/c1-17-14-21(18(2)28(17)25-26-12-13-32-25)22(29)16-31-23-11-7-6-10-20(23)24(30)27-15-19-8-4-3-5-9-19/h3-14H,15-16H2,1-2H3,(H,27,30). The molecule has 2 heterocycles. The van der Waals surface area contributed by atoms with Gasteiger partial charge < -0.3 is 10.1 Å². The van der Waals surface area contributed by atoms with E-state index >= 15 is 0 Å². The molecular formula is C25H23N3O3S. The summed E-state index contributed by atoms with van der Waals surface area (Å²) in [6, 6.07) is 18.5. The maximum atomic E-state index is 12.9. The number of Topliss-reactive ketones (excluding diaryl/α,β-unsaturated/α-hetero) is 1. The topological polar surface area (TPSA) is 73.2 Å². The molecule has 2 aromatic heterocycles. The number of hydrogen-bond acceptors (Lipinski definition) is 5. The van der Waals surface area contributed by atoms with E-state index in [0.717, 1.165) is 22.1 Å². The van der Waals surface area contributed by atoms with Crippen molar-refractivity contribution in [1.29, 1.82) is 0 Å². The van der Waals surface area contributed by atoms with Crippen LogP contribution in [0.1, 0.15) is 37.7 Å². The van der Waals surface area contributed by atoms with E-state index in [1.54, 1.807) is 30.5 Å². The van der Waals surface area contributed by atoms with Crippen molar-refractivity contribution in [3.8, 4) is 10.9 Å². The number of benzene rings is 2. The number of aryl methyl sites for hydroxylation is 1. The van der Waals surface area contributed by atoms with E-state index in [1.807, 2.05) is 60.2 Å². The molecule has 0 unspecified atom stereocenters. The van der Waals surface area contributed by atoms with Crippen molar-refractivity contribution in [1.82, 2.24) is 14.9 Å². The third-order valence-electron chi connectivity index (χ3n) is 5.13. The van der Waals surface area contributed by atoms with E-state index in [1.165, 1.54) is 11.3 Å². The minimum absolute atomic E-state index is 0.152. The number of aromatic nitrogens is 2. The number of amides is 1.